The molecule has 0 saturated heterocycles. The molecule has 0 unspecified atom stereocenters. The number of hydrogen-bond donors (Lipinski definition) is 2. The van der Waals surface area contributed by atoms with Crippen molar-refractivity contribution < 1.29 is 24.2 Å². The van der Waals surface area contributed by atoms with E-state index in [0.29, 0.717) is 22.6 Å². The molecule has 0 aromatic heterocycles. The fourth-order valence-electron chi connectivity index (χ4n) is 2.85. The van der Waals surface area contributed by atoms with Crippen molar-refractivity contribution in [2.24, 2.45) is 0 Å². The highest BCUT2D eigenvalue weighted by molar-refractivity contribution is 9.10. The highest BCUT2D eigenvalue weighted by Crippen LogP contribution is 2.37. The molecule has 0 spiro atoms. The monoisotopic (exact) mass is 515 g/mol. The maximum atomic E-state index is 12.3. The van der Waals surface area contributed by atoms with Crippen LogP contribution in [-0.4, -0.2) is 24.1 Å². The second kappa shape index (κ2) is 10.8. The molecule has 0 atom stereocenters. The number of rotatable bonds is 8. The van der Waals surface area contributed by atoms with E-state index in [1.807, 2.05) is 24.3 Å². The number of aliphatic carboxylic acids is 1. The van der Waals surface area contributed by atoms with Crippen LogP contribution in [0.25, 0.3) is 6.08 Å². The minimum Gasteiger partial charge on any atom is -0.493 e. The Labute approximate surface area is 198 Å². The molecule has 0 fully saturated rings. The smallest absolute Gasteiger partial charge is 0.352 e. The van der Waals surface area contributed by atoms with Crippen LogP contribution in [0, 0.1) is 0 Å². The van der Waals surface area contributed by atoms with Crippen molar-refractivity contribution in [3.8, 4) is 11.5 Å². The van der Waals surface area contributed by atoms with E-state index in [1.165, 1.54) is 19.3 Å². The molecule has 3 aromatic rings. The first-order valence-corrected chi connectivity index (χ1v) is 10.6. The molecule has 0 heterocycles. The number of carbonyl (C=O) groups excluding carboxylic acids is 1. The number of carboxylic acid groups (broad SMARTS) is 1. The van der Waals surface area contributed by atoms with Gasteiger partial charge in [0.1, 0.15) is 12.3 Å². The lowest BCUT2D eigenvalue weighted by Crippen LogP contribution is -2.27. The average molecular weight is 517 g/mol. The Bertz CT molecular complexity index is 1160. The second-order valence-corrected chi connectivity index (χ2v) is 7.96. The third-order valence-corrected chi connectivity index (χ3v) is 5.12. The van der Waals surface area contributed by atoms with E-state index in [0.717, 1.165) is 10.0 Å². The summed E-state index contributed by atoms with van der Waals surface area (Å²) in [6, 6.07) is 19.1. The van der Waals surface area contributed by atoms with Gasteiger partial charge in [0.05, 0.1) is 12.1 Å². The molecule has 0 bridgehead atoms. The molecule has 3 aromatic carbocycles. The maximum Gasteiger partial charge on any atom is 0.352 e. The van der Waals surface area contributed by atoms with Gasteiger partial charge in [-0.15, -0.1) is 0 Å². The van der Waals surface area contributed by atoms with Gasteiger partial charge in [-0.25, -0.2) is 4.79 Å². The molecule has 2 N–H and O–H groups in total. The SMILES string of the molecule is COc1cc(C=C(NC(=O)c2ccccc2)C(=O)O)cc(Cl)c1OCc1cccc(Br)c1. The minimum absolute atomic E-state index is 0.240. The Balaban J connectivity index is 1.84. The van der Waals surface area contributed by atoms with Gasteiger partial charge in [-0.1, -0.05) is 57.9 Å². The first-order chi connectivity index (χ1) is 15.4. The summed E-state index contributed by atoms with van der Waals surface area (Å²) in [7, 11) is 1.46. The number of methoxy groups -OCH3 is 1. The van der Waals surface area contributed by atoms with Crippen molar-refractivity contribution in [1.29, 1.82) is 0 Å². The number of ether oxygens (including phenoxy) is 2. The molecule has 0 radical (unpaired) electrons. The third-order valence-electron chi connectivity index (χ3n) is 4.35. The first kappa shape index (κ1) is 23.4. The summed E-state index contributed by atoms with van der Waals surface area (Å²) in [6.45, 7) is 0.262. The molecule has 32 heavy (non-hydrogen) atoms. The predicted molar refractivity (Wildman–Crippen MR) is 126 cm³/mol. The van der Waals surface area contributed by atoms with Crippen LogP contribution in [0.1, 0.15) is 21.5 Å². The Morgan fingerprint density at radius 1 is 1.09 bits per heavy atom. The van der Waals surface area contributed by atoms with E-state index < -0.39 is 11.9 Å². The summed E-state index contributed by atoms with van der Waals surface area (Å²) in [5.74, 6) is -1.17. The van der Waals surface area contributed by atoms with Gasteiger partial charge in [-0.2, -0.15) is 0 Å². The van der Waals surface area contributed by atoms with Crippen LogP contribution in [0.4, 0.5) is 0 Å². The van der Waals surface area contributed by atoms with E-state index in [2.05, 4.69) is 21.2 Å². The Hall–Kier alpha value is -3.29. The van der Waals surface area contributed by atoms with Gasteiger partial charge in [-0.05, 0) is 53.6 Å². The number of halogens is 2. The molecule has 0 saturated carbocycles. The zero-order valence-electron chi connectivity index (χ0n) is 17.0. The number of amides is 1. The molecule has 8 heteroatoms. The van der Waals surface area contributed by atoms with Crippen LogP contribution < -0.4 is 14.8 Å². The third kappa shape index (κ3) is 6.12. The summed E-state index contributed by atoms with van der Waals surface area (Å²) < 4.78 is 12.2. The molecule has 0 aliphatic heterocycles. The molecular formula is C24H19BrClNO5. The number of nitrogens with one attached hydrogen (secondary N) is 1. The number of carbonyl (C=O) groups is 2. The first-order valence-electron chi connectivity index (χ1n) is 9.43. The Morgan fingerprint density at radius 3 is 2.50 bits per heavy atom. The lowest BCUT2D eigenvalue weighted by Gasteiger charge is -2.14. The molecule has 1 amide bonds. The van der Waals surface area contributed by atoms with Crippen LogP contribution in [0.15, 0.2) is 76.9 Å². The van der Waals surface area contributed by atoms with E-state index in [1.54, 1.807) is 36.4 Å². The maximum absolute atomic E-state index is 12.3. The molecule has 164 valence electrons. The lowest BCUT2D eigenvalue weighted by molar-refractivity contribution is -0.132. The van der Waals surface area contributed by atoms with Crippen molar-refractivity contribution in [3.05, 3.63) is 98.6 Å². The summed E-state index contributed by atoms with van der Waals surface area (Å²) in [6.07, 6.45) is 1.30. The van der Waals surface area contributed by atoms with Gasteiger partial charge < -0.3 is 19.9 Å². The van der Waals surface area contributed by atoms with Gasteiger partial charge in [0, 0.05) is 10.0 Å². The standard InChI is InChI=1S/C24H19BrClNO5/c1-31-21-13-16(11-19(26)22(21)32-14-15-6-5-9-18(25)10-15)12-20(24(29)30)27-23(28)17-7-3-2-4-8-17/h2-13H,14H2,1H3,(H,27,28)(H,29,30). The quantitative estimate of drug-likeness (QED) is 0.384. The van der Waals surface area contributed by atoms with Gasteiger partial charge >= 0.3 is 5.97 Å². The van der Waals surface area contributed by atoms with Gasteiger partial charge in [0.2, 0.25) is 0 Å². The van der Waals surface area contributed by atoms with Crippen molar-refractivity contribution >= 4 is 45.5 Å². The van der Waals surface area contributed by atoms with E-state index in [9.17, 15) is 14.7 Å². The summed E-state index contributed by atoms with van der Waals surface area (Å²) in [5, 5.41) is 12.2. The zero-order valence-corrected chi connectivity index (χ0v) is 19.3. The lowest BCUT2D eigenvalue weighted by atomic mass is 10.1. The Morgan fingerprint density at radius 2 is 1.84 bits per heavy atom. The molecule has 6 nitrogen and oxygen atoms in total. The number of hydrogen-bond acceptors (Lipinski definition) is 4. The van der Waals surface area contributed by atoms with Crippen LogP contribution in [0.5, 0.6) is 11.5 Å². The van der Waals surface area contributed by atoms with Crippen molar-refractivity contribution in [1.82, 2.24) is 5.32 Å². The molecule has 3 rings (SSSR count). The predicted octanol–water partition coefficient (Wildman–Crippen LogP) is 5.55. The highest BCUT2D eigenvalue weighted by atomic mass is 79.9. The molecule has 0 aliphatic carbocycles. The van der Waals surface area contributed by atoms with E-state index in [4.69, 9.17) is 21.1 Å². The van der Waals surface area contributed by atoms with Crippen molar-refractivity contribution in [3.63, 3.8) is 0 Å². The topological polar surface area (TPSA) is 84.9 Å². The second-order valence-electron chi connectivity index (χ2n) is 6.64. The fraction of sp³-hybridized carbons (Fsp3) is 0.0833. The summed E-state index contributed by atoms with van der Waals surface area (Å²) >= 11 is 9.81. The average Bonchev–Trinajstić information content (AvgIpc) is 2.78. The van der Waals surface area contributed by atoms with Gasteiger partial charge in [0.15, 0.2) is 11.5 Å². The van der Waals surface area contributed by atoms with Crippen LogP contribution >= 0.6 is 27.5 Å². The zero-order chi connectivity index (χ0) is 23.1. The van der Waals surface area contributed by atoms with Gasteiger partial charge in [-0.3, -0.25) is 4.79 Å². The van der Waals surface area contributed by atoms with E-state index in [-0.39, 0.29) is 17.3 Å². The van der Waals surface area contributed by atoms with Gasteiger partial charge in [0.25, 0.3) is 5.91 Å². The number of carboxylic acids is 1. The normalized spacial score (nSPS) is 11.0. The highest BCUT2D eigenvalue weighted by Gasteiger charge is 2.16. The summed E-state index contributed by atoms with van der Waals surface area (Å²) in [4.78, 5) is 24.0. The van der Waals surface area contributed by atoms with E-state index >= 15 is 0 Å². The van der Waals surface area contributed by atoms with Crippen molar-refractivity contribution in [2.75, 3.05) is 7.11 Å². The fourth-order valence-corrected chi connectivity index (χ4v) is 3.57. The summed E-state index contributed by atoms with van der Waals surface area (Å²) in [5.41, 5.74) is 1.39. The molecular weight excluding hydrogens is 498 g/mol. The van der Waals surface area contributed by atoms with Crippen LogP contribution in [0.3, 0.4) is 0 Å². The van der Waals surface area contributed by atoms with Crippen LogP contribution in [0.2, 0.25) is 5.02 Å². The van der Waals surface area contributed by atoms with Crippen LogP contribution in [-0.2, 0) is 11.4 Å². The molecule has 0 aliphatic rings. The largest absolute Gasteiger partial charge is 0.493 e. The number of benzene rings is 3. The minimum atomic E-state index is -1.29. The van der Waals surface area contributed by atoms with Crippen molar-refractivity contribution in [2.45, 2.75) is 6.61 Å². The Kier molecular flexibility index (Phi) is 7.92.